The highest BCUT2D eigenvalue weighted by Crippen LogP contribution is 2.34. The van der Waals surface area contributed by atoms with Gasteiger partial charge < -0.3 is 11.1 Å². The third kappa shape index (κ3) is 4.29. The van der Waals surface area contributed by atoms with Crippen LogP contribution >= 0.6 is 11.6 Å². The van der Waals surface area contributed by atoms with Crippen molar-refractivity contribution in [3.63, 3.8) is 0 Å². The molecule has 1 aromatic carbocycles. The summed E-state index contributed by atoms with van der Waals surface area (Å²) >= 11 is 5.94. The van der Waals surface area contributed by atoms with Crippen molar-refractivity contribution < 1.29 is 14.4 Å². The van der Waals surface area contributed by atoms with E-state index < -0.39 is 23.6 Å². The van der Waals surface area contributed by atoms with E-state index in [2.05, 4.69) is 5.32 Å². The number of halogens is 1. The summed E-state index contributed by atoms with van der Waals surface area (Å²) in [6, 6.07) is 5.65. The molecule has 1 fully saturated rings. The van der Waals surface area contributed by atoms with Crippen molar-refractivity contribution in [1.29, 1.82) is 0 Å². The number of amides is 2. The van der Waals surface area contributed by atoms with E-state index in [1.807, 2.05) is 0 Å². The molecule has 2 amide bonds. The predicted molar refractivity (Wildman–Crippen MR) is 78.9 cm³/mol. The fourth-order valence-corrected chi connectivity index (χ4v) is 2.35. The van der Waals surface area contributed by atoms with E-state index >= 15 is 0 Å². The Morgan fingerprint density at radius 1 is 1.29 bits per heavy atom. The van der Waals surface area contributed by atoms with Gasteiger partial charge >= 0.3 is 0 Å². The van der Waals surface area contributed by atoms with Gasteiger partial charge in [0, 0.05) is 0 Å². The molecule has 1 aliphatic rings. The Kier molecular flexibility index (Phi) is 4.96. The van der Waals surface area contributed by atoms with E-state index in [0.29, 0.717) is 17.4 Å². The van der Waals surface area contributed by atoms with Gasteiger partial charge in [0.05, 0.1) is 16.6 Å². The van der Waals surface area contributed by atoms with Crippen LogP contribution in [0.1, 0.15) is 36.0 Å². The van der Waals surface area contributed by atoms with Crippen molar-refractivity contribution in [2.24, 2.45) is 11.7 Å². The number of benzene rings is 1. The maximum atomic E-state index is 12.2. The third-order valence-corrected chi connectivity index (χ3v) is 3.87. The monoisotopic (exact) mass is 308 g/mol. The van der Waals surface area contributed by atoms with E-state index in [1.165, 1.54) is 0 Å². The number of primary amides is 1. The lowest BCUT2D eigenvalue weighted by Gasteiger charge is -2.16. The molecule has 0 radical (unpaired) electrons. The fraction of sp³-hybridized carbons (Fsp3) is 0.400. The largest absolute Gasteiger partial charge is 0.363 e. The number of Topliss-reactive ketones (excluding diaryl/α,β-unsaturated/α-hetero) is 1. The van der Waals surface area contributed by atoms with Gasteiger partial charge in [-0.1, -0.05) is 36.6 Å². The molecule has 0 heterocycles. The maximum absolute atomic E-state index is 12.2. The van der Waals surface area contributed by atoms with E-state index in [9.17, 15) is 14.4 Å². The first-order valence-corrected chi connectivity index (χ1v) is 7.26. The second kappa shape index (κ2) is 6.72. The molecular formula is C15H17ClN2O3. The zero-order valence-electron chi connectivity index (χ0n) is 11.5. The molecule has 0 aliphatic heterocycles. The Bertz CT molecular complexity index is 570. The van der Waals surface area contributed by atoms with E-state index in [4.69, 9.17) is 17.3 Å². The lowest BCUT2D eigenvalue weighted by molar-refractivity contribution is -0.137. The second-order valence-electron chi connectivity index (χ2n) is 5.26. The highest BCUT2D eigenvalue weighted by atomic mass is 35.5. The lowest BCUT2D eigenvalue weighted by atomic mass is 10.0. The van der Waals surface area contributed by atoms with Crippen LogP contribution in [0, 0.1) is 5.92 Å². The molecule has 1 aliphatic carbocycles. The number of hydrogen-bond acceptors (Lipinski definition) is 3. The molecule has 1 aromatic rings. The molecule has 0 bridgehead atoms. The van der Waals surface area contributed by atoms with Gasteiger partial charge in [0.1, 0.15) is 0 Å². The molecule has 0 aromatic heterocycles. The third-order valence-electron chi connectivity index (χ3n) is 3.54. The molecule has 0 saturated heterocycles. The number of nitrogens with two attached hydrogens (primary N) is 1. The van der Waals surface area contributed by atoms with Gasteiger partial charge in [0.15, 0.2) is 0 Å². The average molecular weight is 309 g/mol. The summed E-state index contributed by atoms with van der Waals surface area (Å²) in [6.45, 7) is 0. The van der Waals surface area contributed by atoms with E-state index in [1.54, 1.807) is 24.3 Å². The first-order valence-electron chi connectivity index (χ1n) is 6.88. The lowest BCUT2D eigenvalue weighted by Crippen LogP contribution is -2.46. The Balaban J connectivity index is 2.05. The Morgan fingerprint density at radius 3 is 2.52 bits per heavy atom. The fourth-order valence-electron chi connectivity index (χ4n) is 2.13. The van der Waals surface area contributed by atoms with Crippen molar-refractivity contribution in [2.75, 3.05) is 0 Å². The molecule has 1 saturated carbocycles. The van der Waals surface area contributed by atoms with Gasteiger partial charge in [-0.3, -0.25) is 14.4 Å². The number of carbonyl (C=O) groups excluding carboxylic acids is 3. The normalized spacial score (nSPS) is 15.3. The predicted octanol–water partition coefficient (Wildman–Crippen LogP) is 1.68. The minimum absolute atomic E-state index is 0.271. The van der Waals surface area contributed by atoms with Crippen LogP contribution in [0.25, 0.3) is 0 Å². The summed E-state index contributed by atoms with van der Waals surface area (Å²) in [5.41, 5.74) is 5.31. The topological polar surface area (TPSA) is 89.3 Å². The standard InChI is InChI=1S/C15H17ClN2O3/c16-11-4-2-1-3-10(11)15(21)18-12(13(19)14(17)20)8-7-9-5-6-9/h1-4,9,12H,5-8H2,(H2,17,20)(H,18,21). The maximum Gasteiger partial charge on any atom is 0.287 e. The van der Waals surface area contributed by atoms with Gasteiger partial charge in [-0.25, -0.2) is 0 Å². The van der Waals surface area contributed by atoms with Crippen LogP contribution in [-0.2, 0) is 9.59 Å². The highest BCUT2D eigenvalue weighted by Gasteiger charge is 2.29. The highest BCUT2D eigenvalue weighted by molar-refractivity contribution is 6.38. The molecule has 1 unspecified atom stereocenters. The zero-order valence-corrected chi connectivity index (χ0v) is 12.2. The molecule has 3 N–H and O–H groups in total. The Labute approximate surface area is 127 Å². The summed E-state index contributed by atoms with van der Waals surface area (Å²) in [4.78, 5) is 35.1. The van der Waals surface area contributed by atoms with Crippen LogP contribution in [0.2, 0.25) is 5.02 Å². The minimum Gasteiger partial charge on any atom is -0.363 e. The van der Waals surface area contributed by atoms with Gasteiger partial charge in [-0.2, -0.15) is 0 Å². The molecule has 1 atom stereocenters. The van der Waals surface area contributed by atoms with Crippen LogP contribution in [-0.4, -0.2) is 23.6 Å². The second-order valence-corrected chi connectivity index (χ2v) is 5.66. The molecule has 5 nitrogen and oxygen atoms in total. The molecular weight excluding hydrogens is 292 g/mol. The first-order chi connectivity index (χ1) is 9.99. The summed E-state index contributed by atoms with van der Waals surface area (Å²) in [7, 11) is 0. The number of rotatable bonds is 7. The van der Waals surface area contributed by atoms with Crippen molar-refractivity contribution in [3.05, 3.63) is 34.9 Å². The first kappa shape index (κ1) is 15.5. The summed E-state index contributed by atoms with van der Waals surface area (Å²) in [6.07, 6.45) is 3.49. The van der Waals surface area contributed by atoms with Crippen LogP contribution < -0.4 is 11.1 Å². The van der Waals surface area contributed by atoms with Crippen molar-refractivity contribution >= 4 is 29.2 Å². The number of carbonyl (C=O) groups is 3. The van der Waals surface area contributed by atoms with Gasteiger partial charge in [0.2, 0.25) is 5.78 Å². The minimum atomic E-state index is -1.03. The summed E-state index contributed by atoms with van der Waals surface area (Å²) in [5, 5.41) is 2.86. The van der Waals surface area contributed by atoms with Crippen molar-refractivity contribution in [1.82, 2.24) is 5.32 Å². The number of ketones is 1. The molecule has 2 rings (SSSR count). The number of nitrogens with one attached hydrogen (secondary N) is 1. The Hall–Kier alpha value is -1.88. The molecule has 112 valence electrons. The quantitative estimate of drug-likeness (QED) is 0.751. The molecule has 0 spiro atoms. The summed E-state index contributed by atoms with van der Waals surface area (Å²) in [5.74, 6) is -1.69. The van der Waals surface area contributed by atoms with Crippen molar-refractivity contribution in [3.8, 4) is 0 Å². The molecule has 21 heavy (non-hydrogen) atoms. The van der Waals surface area contributed by atoms with Crippen LogP contribution in [0.5, 0.6) is 0 Å². The molecule has 6 heteroatoms. The zero-order chi connectivity index (χ0) is 15.4. The van der Waals surface area contributed by atoms with Crippen LogP contribution in [0.3, 0.4) is 0 Å². The van der Waals surface area contributed by atoms with Gasteiger partial charge in [-0.15, -0.1) is 0 Å². The van der Waals surface area contributed by atoms with E-state index in [-0.39, 0.29) is 5.56 Å². The smallest absolute Gasteiger partial charge is 0.287 e. The van der Waals surface area contributed by atoms with Crippen molar-refractivity contribution in [2.45, 2.75) is 31.7 Å². The van der Waals surface area contributed by atoms with Crippen LogP contribution in [0.4, 0.5) is 0 Å². The number of hydrogen-bond donors (Lipinski definition) is 2. The SMILES string of the molecule is NC(=O)C(=O)C(CCC1CC1)NC(=O)c1ccccc1Cl. The van der Waals surface area contributed by atoms with Gasteiger partial charge in [0.25, 0.3) is 11.8 Å². The van der Waals surface area contributed by atoms with Crippen LogP contribution in [0.15, 0.2) is 24.3 Å². The van der Waals surface area contributed by atoms with Gasteiger partial charge in [-0.05, 0) is 30.9 Å². The van der Waals surface area contributed by atoms with E-state index in [0.717, 1.165) is 19.3 Å². The summed E-state index contributed by atoms with van der Waals surface area (Å²) < 4.78 is 0. The average Bonchev–Trinajstić information content (AvgIpc) is 3.27. The Morgan fingerprint density at radius 2 is 1.95 bits per heavy atom.